The van der Waals surface area contributed by atoms with Gasteiger partial charge in [-0.05, 0) is 30.2 Å². The van der Waals surface area contributed by atoms with Gasteiger partial charge in [0.2, 0.25) is 0 Å². The number of thioether (sulfide) groups is 1. The first kappa shape index (κ1) is 24.1. The smallest absolute Gasteiger partial charge is 0.267 e. The van der Waals surface area contributed by atoms with Crippen molar-refractivity contribution in [1.82, 2.24) is 14.3 Å². The molecule has 2 N–H and O–H groups in total. The number of nitrogens with one attached hydrogen (secondary N) is 1. The van der Waals surface area contributed by atoms with Crippen molar-refractivity contribution in [3.05, 3.63) is 80.6 Å². The minimum absolute atomic E-state index is 0.0645. The highest BCUT2D eigenvalue weighted by molar-refractivity contribution is 8.26. The molecule has 1 amide bonds. The van der Waals surface area contributed by atoms with Gasteiger partial charge in [-0.15, -0.1) is 0 Å². The predicted molar refractivity (Wildman–Crippen MR) is 138 cm³/mol. The molecule has 0 radical (unpaired) electrons. The van der Waals surface area contributed by atoms with Gasteiger partial charge >= 0.3 is 0 Å². The third kappa shape index (κ3) is 5.36. The van der Waals surface area contributed by atoms with Crippen molar-refractivity contribution in [2.75, 3.05) is 31.7 Å². The Kier molecular flexibility index (Phi) is 7.73. The highest BCUT2D eigenvalue weighted by Crippen LogP contribution is 2.34. The zero-order valence-electron chi connectivity index (χ0n) is 18.6. The average molecular weight is 497 g/mol. The summed E-state index contributed by atoms with van der Waals surface area (Å²) >= 11 is 6.63. The second-order valence-corrected chi connectivity index (χ2v) is 9.31. The van der Waals surface area contributed by atoms with E-state index in [0.717, 1.165) is 11.1 Å². The zero-order chi connectivity index (χ0) is 24.1. The summed E-state index contributed by atoms with van der Waals surface area (Å²) in [6, 6.07) is 13.3. The molecule has 3 heterocycles. The van der Waals surface area contributed by atoms with Crippen LogP contribution in [0.4, 0.5) is 5.82 Å². The SMILES string of the molecule is Cc1ccc2nc(NCCOCCO)c(C=C3SC(=S)N(Cc4ccccc4)C3=O)c(=O)n2c1. The van der Waals surface area contributed by atoms with E-state index in [-0.39, 0.29) is 30.2 Å². The van der Waals surface area contributed by atoms with Crippen LogP contribution in [0.2, 0.25) is 0 Å². The lowest BCUT2D eigenvalue weighted by molar-refractivity contribution is -0.122. The van der Waals surface area contributed by atoms with Crippen LogP contribution in [-0.4, -0.2) is 56.0 Å². The van der Waals surface area contributed by atoms with Crippen LogP contribution in [0.5, 0.6) is 0 Å². The maximum atomic E-state index is 13.4. The first-order valence-corrected chi connectivity index (χ1v) is 11.9. The van der Waals surface area contributed by atoms with Crippen LogP contribution in [0.15, 0.2) is 58.4 Å². The van der Waals surface area contributed by atoms with Crippen LogP contribution < -0.4 is 10.9 Å². The lowest BCUT2D eigenvalue weighted by atomic mass is 10.2. The fourth-order valence-corrected chi connectivity index (χ4v) is 4.70. The van der Waals surface area contributed by atoms with E-state index < -0.39 is 0 Å². The van der Waals surface area contributed by atoms with Crippen LogP contribution in [0, 0.1) is 6.92 Å². The Morgan fingerprint density at radius 1 is 1.18 bits per heavy atom. The van der Waals surface area contributed by atoms with Gasteiger partial charge in [0.15, 0.2) is 0 Å². The highest BCUT2D eigenvalue weighted by atomic mass is 32.2. The van der Waals surface area contributed by atoms with Gasteiger partial charge in [0.1, 0.15) is 15.8 Å². The van der Waals surface area contributed by atoms with E-state index in [1.165, 1.54) is 21.1 Å². The quantitative estimate of drug-likeness (QED) is 0.265. The number of carbonyl (C=O) groups is 1. The molecular formula is C24H24N4O4S2. The van der Waals surface area contributed by atoms with Crippen molar-refractivity contribution in [2.45, 2.75) is 13.5 Å². The standard InChI is InChI=1S/C24H24N4O4S2/c1-16-7-8-20-26-21(25-9-11-32-12-10-29)18(22(30)27(20)14-16)13-19-23(31)28(24(33)34-19)15-17-5-3-2-4-6-17/h2-8,13-14,25,29H,9-12,15H2,1H3. The number of carbonyl (C=O) groups excluding carboxylic acids is 1. The lowest BCUT2D eigenvalue weighted by Crippen LogP contribution is -2.27. The van der Waals surface area contributed by atoms with Crippen LogP contribution in [0.1, 0.15) is 16.7 Å². The van der Waals surface area contributed by atoms with Crippen molar-refractivity contribution >= 4 is 51.7 Å². The van der Waals surface area contributed by atoms with Gasteiger partial charge in [-0.3, -0.25) is 18.9 Å². The maximum Gasteiger partial charge on any atom is 0.267 e. The van der Waals surface area contributed by atoms with Crippen molar-refractivity contribution in [3.8, 4) is 0 Å². The van der Waals surface area contributed by atoms with E-state index >= 15 is 0 Å². The number of anilines is 1. The molecule has 2 aromatic heterocycles. The topological polar surface area (TPSA) is 96.2 Å². The number of benzene rings is 1. The fraction of sp³-hybridized carbons (Fsp3) is 0.250. The number of aliphatic hydroxyl groups is 1. The summed E-state index contributed by atoms with van der Waals surface area (Å²) < 4.78 is 7.20. The summed E-state index contributed by atoms with van der Waals surface area (Å²) in [6.45, 7) is 3.13. The van der Waals surface area contributed by atoms with E-state index in [1.807, 2.05) is 43.3 Å². The minimum atomic E-state index is -0.291. The molecule has 0 unspecified atom stereocenters. The molecule has 0 saturated carbocycles. The summed E-state index contributed by atoms with van der Waals surface area (Å²) in [7, 11) is 0. The van der Waals surface area contributed by atoms with Crippen molar-refractivity contribution in [2.24, 2.45) is 0 Å². The highest BCUT2D eigenvalue weighted by Gasteiger charge is 2.32. The number of aryl methyl sites for hydroxylation is 1. The van der Waals surface area contributed by atoms with Gasteiger partial charge in [0.05, 0.1) is 36.8 Å². The third-order valence-corrected chi connectivity index (χ3v) is 6.49. The largest absolute Gasteiger partial charge is 0.394 e. The molecule has 0 aliphatic carbocycles. The molecule has 10 heteroatoms. The normalized spacial score (nSPS) is 15.0. The molecule has 0 atom stereocenters. The molecule has 0 bridgehead atoms. The Morgan fingerprint density at radius 3 is 2.74 bits per heavy atom. The summed E-state index contributed by atoms with van der Waals surface area (Å²) in [5, 5.41) is 12.0. The van der Waals surface area contributed by atoms with Gasteiger partial charge in [0, 0.05) is 12.7 Å². The van der Waals surface area contributed by atoms with Crippen molar-refractivity contribution in [1.29, 1.82) is 0 Å². The third-order valence-electron chi connectivity index (χ3n) is 5.11. The lowest BCUT2D eigenvalue weighted by Gasteiger charge is -2.14. The first-order valence-electron chi connectivity index (χ1n) is 10.7. The monoisotopic (exact) mass is 496 g/mol. The molecule has 1 aliphatic heterocycles. The van der Waals surface area contributed by atoms with E-state index in [2.05, 4.69) is 10.3 Å². The molecule has 1 fully saturated rings. The Labute approximate surface area is 206 Å². The van der Waals surface area contributed by atoms with Gasteiger partial charge in [-0.1, -0.05) is 60.4 Å². The van der Waals surface area contributed by atoms with Crippen LogP contribution in [0.3, 0.4) is 0 Å². The Bertz CT molecular complexity index is 1310. The molecule has 3 aromatic rings. The molecular weight excluding hydrogens is 472 g/mol. The number of amides is 1. The van der Waals surface area contributed by atoms with Gasteiger partial charge in [-0.2, -0.15) is 0 Å². The number of hydrogen-bond donors (Lipinski definition) is 2. The predicted octanol–water partition coefficient (Wildman–Crippen LogP) is 2.83. The van der Waals surface area contributed by atoms with Crippen molar-refractivity contribution < 1.29 is 14.6 Å². The summed E-state index contributed by atoms with van der Waals surface area (Å²) in [4.78, 5) is 33.1. The van der Waals surface area contributed by atoms with Crippen LogP contribution in [-0.2, 0) is 16.1 Å². The molecule has 1 aliphatic rings. The number of thiocarbonyl (C=S) groups is 1. The zero-order valence-corrected chi connectivity index (χ0v) is 20.2. The summed E-state index contributed by atoms with van der Waals surface area (Å²) in [6.07, 6.45) is 3.28. The first-order chi connectivity index (χ1) is 16.5. The molecule has 176 valence electrons. The Morgan fingerprint density at radius 2 is 1.97 bits per heavy atom. The number of ether oxygens (including phenoxy) is 1. The molecule has 34 heavy (non-hydrogen) atoms. The van der Waals surface area contributed by atoms with E-state index in [1.54, 1.807) is 18.3 Å². The van der Waals surface area contributed by atoms with Gasteiger partial charge in [-0.25, -0.2) is 4.98 Å². The molecule has 4 rings (SSSR count). The number of pyridine rings is 1. The molecule has 1 aromatic carbocycles. The number of fused-ring (bicyclic) bond motifs is 1. The Hall–Kier alpha value is -3.05. The minimum Gasteiger partial charge on any atom is -0.394 e. The van der Waals surface area contributed by atoms with Crippen LogP contribution >= 0.6 is 24.0 Å². The molecule has 1 saturated heterocycles. The van der Waals surface area contributed by atoms with E-state index in [9.17, 15) is 9.59 Å². The number of aromatic nitrogens is 2. The Balaban J connectivity index is 1.68. The maximum absolute atomic E-state index is 13.4. The van der Waals surface area contributed by atoms with Crippen molar-refractivity contribution in [3.63, 3.8) is 0 Å². The van der Waals surface area contributed by atoms with Gasteiger partial charge < -0.3 is 15.2 Å². The second-order valence-electron chi connectivity index (χ2n) is 7.63. The number of nitrogens with zero attached hydrogens (tertiary/aromatic N) is 3. The van der Waals surface area contributed by atoms with E-state index in [0.29, 0.717) is 40.4 Å². The molecule has 8 nitrogen and oxygen atoms in total. The second kappa shape index (κ2) is 10.9. The number of rotatable bonds is 9. The number of hydrogen-bond acceptors (Lipinski definition) is 8. The average Bonchev–Trinajstić information content (AvgIpc) is 3.09. The summed E-state index contributed by atoms with van der Waals surface area (Å²) in [5.41, 5.74) is 2.34. The van der Waals surface area contributed by atoms with Gasteiger partial charge in [0.25, 0.3) is 11.5 Å². The van der Waals surface area contributed by atoms with Crippen LogP contribution in [0.25, 0.3) is 11.7 Å². The molecule has 0 spiro atoms. The van der Waals surface area contributed by atoms with E-state index in [4.69, 9.17) is 22.1 Å². The number of aliphatic hydroxyl groups excluding tert-OH is 1. The fourth-order valence-electron chi connectivity index (χ4n) is 3.47. The summed E-state index contributed by atoms with van der Waals surface area (Å²) in [5.74, 6) is 0.111.